The van der Waals surface area contributed by atoms with Crippen LogP contribution in [0.2, 0.25) is 10.0 Å². The van der Waals surface area contributed by atoms with Crippen molar-refractivity contribution in [3.05, 3.63) is 81.1 Å². The molecule has 1 saturated carbocycles. The molecule has 0 unspecified atom stereocenters. The molecule has 218 valence electrons. The Morgan fingerprint density at radius 3 is 2.20 bits per heavy atom. The van der Waals surface area contributed by atoms with E-state index in [1.807, 2.05) is 0 Å². The lowest BCUT2D eigenvalue weighted by molar-refractivity contribution is -0.152. The first-order valence-electron chi connectivity index (χ1n) is 12.5. The summed E-state index contributed by atoms with van der Waals surface area (Å²) in [5.41, 5.74) is -2.96. The zero-order valence-corrected chi connectivity index (χ0v) is 23.1. The van der Waals surface area contributed by atoms with E-state index in [0.29, 0.717) is 5.56 Å². The fourth-order valence-electron chi connectivity index (χ4n) is 4.89. The van der Waals surface area contributed by atoms with E-state index in [-0.39, 0.29) is 47.8 Å². The summed E-state index contributed by atoms with van der Waals surface area (Å²) in [6.07, 6.45) is -1.40. The predicted molar refractivity (Wildman–Crippen MR) is 140 cm³/mol. The van der Waals surface area contributed by atoms with Crippen molar-refractivity contribution in [3.63, 3.8) is 0 Å². The number of rotatable bonds is 8. The zero-order chi connectivity index (χ0) is 30.1. The van der Waals surface area contributed by atoms with Crippen LogP contribution in [0.4, 0.5) is 17.6 Å². The van der Waals surface area contributed by atoms with Gasteiger partial charge in [-0.3, -0.25) is 24.0 Å². The Bertz CT molecular complexity index is 1450. The number of ketones is 1. The zero-order valence-electron chi connectivity index (χ0n) is 21.6. The minimum absolute atomic E-state index is 0.105. The van der Waals surface area contributed by atoms with Crippen LogP contribution in [0.5, 0.6) is 0 Å². The number of pyridine rings is 1. The van der Waals surface area contributed by atoms with Crippen LogP contribution in [-0.2, 0) is 17.5 Å². The number of hydrogen-bond donors (Lipinski definition) is 1. The maximum absolute atomic E-state index is 14.4. The lowest BCUT2D eigenvalue weighted by Crippen LogP contribution is -2.37. The molecule has 14 heteroatoms. The highest BCUT2D eigenvalue weighted by Crippen LogP contribution is 2.43. The second-order valence-electron chi connectivity index (χ2n) is 10.1. The molecule has 0 saturated heterocycles. The van der Waals surface area contributed by atoms with Crippen molar-refractivity contribution in [1.29, 1.82) is 0 Å². The van der Waals surface area contributed by atoms with Crippen LogP contribution < -0.4 is 0 Å². The van der Waals surface area contributed by atoms with E-state index in [0.717, 1.165) is 40.3 Å². The number of halogens is 6. The van der Waals surface area contributed by atoms with E-state index in [1.165, 1.54) is 12.1 Å². The van der Waals surface area contributed by atoms with Gasteiger partial charge >= 0.3 is 12.1 Å². The first-order chi connectivity index (χ1) is 19.2. The number of carboxylic acid groups (broad SMARTS) is 1. The van der Waals surface area contributed by atoms with Crippen molar-refractivity contribution in [1.82, 2.24) is 19.7 Å². The third-order valence-corrected chi connectivity index (χ3v) is 7.83. The highest BCUT2D eigenvalue weighted by molar-refractivity contribution is 6.39. The van der Waals surface area contributed by atoms with Crippen molar-refractivity contribution < 1.29 is 37.1 Å². The predicted octanol–water partition coefficient (Wildman–Crippen LogP) is 6.47. The van der Waals surface area contributed by atoms with Gasteiger partial charge in [0.1, 0.15) is 5.82 Å². The normalized spacial score (nSPS) is 19.1. The molecule has 0 radical (unpaired) electrons. The smallest absolute Gasteiger partial charge is 0.433 e. The summed E-state index contributed by atoms with van der Waals surface area (Å²) in [6.45, 7) is 0.497. The van der Waals surface area contributed by atoms with Crippen LogP contribution in [0, 0.1) is 11.2 Å². The van der Waals surface area contributed by atoms with Crippen molar-refractivity contribution in [2.24, 2.45) is 5.41 Å². The number of Topliss-reactive ketones (excluding diaryl/α,β-unsaturated/α-hetero) is 1. The molecule has 1 aliphatic carbocycles. The van der Waals surface area contributed by atoms with Gasteiger partial charge in [-0.15, -0.1) is 0 Å². The first-order valence-corrected chi connectivity index (χ1v) is 13.2. The SMILES string of the molecule is C[C@]1(C(=O)O)CC[C@@H](n2ncc(C(=O)N(CC(=O)c3c(Cl)cncc3Cl)Cc3ccc(F)cc3)c2C(F)(F)F)CC1. The second-order valence-corrected chi connectivity index (χ2v) is 10.9. The maximum atomic E-state index is 14.4. The molecule has 1 fully saturated rings. The van der Waals surface area contributed by atoms with Gasteiger partial charge in [-0.25, -0.2) is 4.39 Å². The van der Waals surface area contributed by atoms with Crippen LogP contribution in [0.3, 0.4) is 0 Å². The molecule has 1 aromatic carbocycles. The lowest BCUT2D eigenvalue weighted by atomic mass is 9.74. The van der Waals surface area contributed by atoms with Gasteiger partial charge in [0.2, 0.25) is 0 Å². The van der Waals surface area contributed by atoms with Crippen molar-refractivity contribution in [3.8, 4) is 0 Å². The highest BCUT2D eigenvalue weighted by Gasteiger charge is 2.45. The van der Waals surface area contributed by atoms with E-state index in [9.17, 15) is 37.1 Å². The van der Waals surface area contributed by atoms with E-state index in [4.69, 9.17) is 23.2 Å². The van der Waals surface area contributed by atoms with E-state index in [1.54, 1.807) is 6.92 Å². The number of aliphatic carboxylic acids is 1. The topological polar surface area (TPSA) is 105 Å². The molecular formula is C27H24Cl2F4N4O4. The molecule has 1 N–H and O–H groups in total. The van der Waals surface area contributed by atoms with Gasteiger partial charge in [-0.05, 0) is 50.3 Å². The van der Waals surface area contributed by atoms with Crippen LogP contribution in [0.1, 0.15) is 70.6 Å². The number of amides is 1. The minimum atomic E-state index is -5.00. The number of carbonyl (C=O) groups is 3. The van der Waals surface area contributed by atoms with Gasteiger partial charge in [0, 0.05) is 18.9 Å². The number of carboxylic acids is 1. The van der Waals surface area contributed by atoms with Gasteiger partial charge < -0.3 is 10.0 Å². The van der Waals surface area contributed by atoms with Gasteiger partial charge in [0.05, 0.1) is 45.4 Å². The van der Waals surface area contributed by atoms with Gasteiger partial charge in [-0.2, -0.15) is 18.3 Å². The number of nitrogens with zero attached hydrogens (tertiary/aromatic N) is 4. The Morgan fingerprint density at radius 2 is 1.66 bits per heavy atom. The van der Waals surface area contributed by atoms with Crippen molar-refractivity contribution >= 4 is 40.9 Å². The van der Waals surface area contributed by atoms with Crippen LogP contribution >= 0.6 is 23.2 Å². The summed E-state index contributed by atoms with van der Waals surface area (Å²) in [4.78, 5) is 43.1. The minimum Gasteiger partial charge on any atom is -0.481 e. The molecule has 0 bridgehead atoms. The molecule has 4 rings (SSSR count). The molecular weight excluding hydrogens is 591 g/mol. The first kappa shape index (κ1) is 30.4. The molecule has 0 spiro atoms. The average molecular weight is 615 g/mol. The molecule has 2 heterocycles. The Labute approximate surface area is 241 Å². The van der Waals surface area contributed by atoms with E-state index >= 15 is 0 Å². The lowest BCUT2D eigenvalue weighted by Gasteiger charge is -2.34. The third kappa shape index (κ3) is 6.54. The Morgan fingerprint density at radius 1 is 1.07 bits per heavy atom. The summed E-state index contributed by atoms with van der Waals surface area (Å²) >= 11 is 12.2. The van der Waals surface area contributed by atoms with Crippen molar-refractivity contribution in [2.45, 2.75) is 51.4 Å². The number of carbonyl (C=O) groups excluding carboxylic acids is 2. The van der Waals surface area contributed by atoms with Crippen LogP contribution in [-0.4, -0.2) is 49.0 Å². The number of aromatic nitrogens is 3. The van der Waals surface area contributed by atoms with Crippen molar-refractivity contribution in [2.75, 3.05) is 6.54 Å². The van der Waals surface area contributed by atoms with E-state index in [2.05, 4.69) is 10.1 Å². The summed E-state index contributed by atoms with van der Waals surface area (Å²) in [5, 5.41) is 13.2. The van der Waals surface area contributed by atoms with Crippen LogP contribution in [0.15, 0.2) is 42.9 Å². The summed E-state index contributed by atoms with van der Waals surface area (Å²) < 4.78 is 57.5. The molecule has 8 nitrogen and oxygen atoms in total. The summed E-state index contributed by atoms with van der Waals surface area (Å²) in [6, 6.07) is 4.11. The molecule has 0 atom stereocenters. The maximum Gasteiger partial charge on any atom is 0.433 e. The van der Waals surface area contributed by atoms with Crippen LogP contribution in [0.25, 0.3) is 0 Å². The summed E-state index contributed by atoms with van der Waals surface area (Å²) in [5.74, 6) is -3.49. The fraction of sp³-hybridized carbons (Fsp3) is 0.370. The average Bonchev–Trinajstić information content (AvgIpc) is 3.35. The third-order valence-electron chi connectivity index (χ3n) is 7.26. The molecule has 41 heavy (non-hydrogen) atoms. The molecule has 1 aliphatic rings. The molecule has 3 aromatic rings. The molecule has 1 amide bonds. The largest absolute Gasteiger partial charge is 0.481 e. The molecule has 0 aliphatic heterocycles. The van der Waals surface area contributed by atoms with Gasteiger partial charge in [0.15, 0.2) is 11.5 Å². The monoisotopic (exact) mass is 614 g/mol. The molecule has 2 aromatic heterocycles. The Kier molecular flexibility index (Phi) is 8.74. The highest BCUT2D eigenvalue weighted by atomic mass is 35.5. The number of hydrogen-bond acceptors (Lipinski definition) is 5. The Balaban J connectivity index is 1.71. The fourth-order valence-corrected chi connectivity index (χ4v) is 5.46. The summed E-state index contributed by atoms with van der Waals surface area (Å²) in [7, 11) is 0. The standard InChI is InChI=1S/C27H24Cl2F4N4O4/c1-26(25(40)41)8-6-17(7-9-26)37-23(27(31,32)33)18(10-35-37)24(39)36(13-15-2-4-16(30)5-3-15)14-21(38)22-19(28)11-34-12-20(22)29/h2-5,10-12,17H,6-9,13-14H2,1H3,(H,40,41)/t17-,26+. The quantitative estimate of drug-likeness (QED) is 0.230. The number of alkyl halides is 3. The van der Waals surface area contributed by atoms with E-state index < -0.39 is 58.9 Å². The van der Waals surface area contributed by atoms with Gasteiger partial charge in [-0.1, -0.05) is 35.3 Å². The Hall–Kier alpha value is -3.51. The number of benzene rings is 1. The second kappa shape index (κ2) is 11.8. The van der Waals surface area contributed by atoms with Gasteiger partial charge in [0.25, 0.3) is 5.91 Å².